The van der Waals surface area contributed by atoms with Crippen LogP contribution in [0.15, 0.2) is 24.4 Å². The van der Waals surface area contributed by atoms with Crippen molar-refractivity contribution >= 4 is 24.8 Å². The summed E-state index contributed by atoms with van der Waals surface area (Å²) in [7, 11) is 0. The van der Waals surface area contributed by atoms with Crippen LogP contribution < -0.4 is 5.73 Å². The Kier molecular flexibility index (Phi) is 14.5. The molecule has 1 heterocycles. The van der Waals surface area contributed by atoms with Gasteiger partial charge in [-0.05, 0) is 18.7 Å². The SMILES string of the molecule is CCN(CCOCCN)Cc1ccccn1.Cl.Cl. The average molecular weight is 296 g/mol. The first kappa shape index (κ1) is 19.9. The lowest BCUT2D eigenvalue weighted by atomic mass is 10.3. The van der Waals surface area contributed by atoms with E-state index in [1.807, 2.05) is 24.4 Å². The highest BCUT2D eigenvalue weighted by Crippen LogP contribution is 2.00. The second-order valence-corrected chi connectivity index (χ2v) is 3.59. The molecule has 0 aromatic carbocycles. The van der Waals surface area contributed by atoms with Gasteiger partial charge in [-0.1, -0.05) is 13.0 Å². The lowest BCUT2D eigenvalue weighted by Crippen LogP contribution is -2.28. The van der Waals surface area contributed by atoms with Crippen molar-refractivity contribution in [1.29, 1.82) is 0 Å². The minimum absolute atomic E-state index is 0. The Hall–Kier alpha value is -0.390. The number of halogens is 2. The summed E-state index contributed by atoms with van der Waals surface area (Å²) in [5.74, 6) is 0. The van der Waals surface area contributed by atoms with Crippen LogP contribution in [0.25, 0.3) is 0 Å². The highest BCUT2D eigenvalue weighted by atomic mass is 35.5. The molecule has 6 heteroatoms. The minimum atomic E-state index is 0. The number of nitrogens with zero attached hydrogens (tertiary/aromatic N) is 2. The summed E-state index contributed by atoms with van der Waals surface area (Å²) in [5, 5.41) is 0. The maximum absolute atomic E-state index is 5.37. The van der Waals surface area contributed by atoms with Gasteiger partial charge in [0.2, 0.25) is 0 Å². The molecule has 4 nitrogen and oxygen atoms in total. The molecule has 0 radical (unpaired) electrons. The Balaban J connectivity index is 0. The van der Waals surface area contributed by atoms with Crippen LogP contribution in [0.3, 0.4) is 0 Å². The molecule has 0 spiro atoms. The van der Waals surface area contributed by atoms with Gasteiger partial charge in [-0.25, -0.2) is 0 Å². The topological polar surface area (TPSA) is 51.4 Å². The molecule has 0 atom stereocenters. The maximum atomic E-state index is 5.37. The van der Waals surface area contributed by atoms with Gasteiger partial charge in [0.15, 0.2) is 0 Å². The number of pyridine rings is 1. The van der Waals surface area contributed by atoms with Crippen molar-refractivity contribution in [2.45, 2.75) is 13.5 Å². The van der Waals surface area contributed by atoms with E-state index >= 15 is 0 Å². The predicted octanol–water partition coefficient (Wildman–Crippen LogP) is 1.72. The molecule has 0 aliphatic rings. The van der Waals surface area contributed by atoms with Crippen LogP contribution in [0.1, 0.15) is 12.6 Å². The van der Waals surface area contributed by atoms with E-state index < -0.39 is 0 Å². The molecule has 0 saturated carbocycles. The number of hydrogen-bond acceptors (Lipinski definition) is 4. The summed E-state index contributed by atoms with van der Waals surface area (Å²) < 4.78 is 5.37. The molecule has 1 aromatic rings. The Morgan fingerprint density at radius 3 is 2.61 bits per heavy atom. The van der Waals surface area contributed by atoms with E-state index in [0.29, 0.717) is 13.2 Å². The molecule has 106 valence electrons. The number of hydrogen-bond donors (Lipinski definition) is 1. The second-order valence-electron chi connectivity index (χ2n) is 3.59. The average Bonchev–Trinajstić information content (AvgIpc) is 2.34. The molecule has 0 aliphatic carbocycles. The van der Waals surface area contributed by atoms with Gasteiger partial charge in [0.05, 0.1) is 18.9 Å². The van der Waals surface area contributed by atoms with Crippen LogP contribution in [0.5, 0.6) is 0 Å². The normalized spacial score (nSPS) is 9.72. The first-order chi connectivity index (χ1) is 7.86. The number of ether oxygens (including phenoxy) is 1. The van der Waals surface area contributed by atoms with Gasteiger partial charge in [0.1, 0.15) is 0 Å². The molecule has 0 amide bonds. The zero-order valence-electron chi connectivity index (χ0n) is 10.7. The largest absolute Gasteiger partial charge is 0.379 e. The fourth-order valence-corrected chi connectivity index (χ4v) is 1.45. The van der Waals surface area contributed by atoms with Crippen molar-refractivity contribution in [3.8, 4) is 0 Å². The molecule has 18 heavy (non-hydrogen) atoms. The molecule has 0 aliphatic heterocycles. The third kappa shape index (κ3) is 8.66. The van der Waals surface area contributed by atoms with E-state index in [1.165, 1.54) is 0 Å². The van der Waals surface area contributed by atoms with E-state index in [4.69, 9.17) is 10.5 Å². The van der Waals surface area contributed by atoms with Gasteiger partial charge in [0.25, 0.3) is 0 Å². The molecule has 0 bridgehead atoms. The quantitative estimate of drug-likeness (QED) is 0.742. The summed E-state index contributed by atoms with van der Waals surface area (Å²) >= 11 is 0. The molecular formula is C12H23Cl2N3O. The fourth-order valence-electron chi connectivity index (χ4n) is 1.45. The Morgan fingerprint density at radius 1 is 1.28 bits per heavy atom. The molecule has 0 unspecified atom stereocenters. The van der Waals surface area contributed by atoms with E-state index in [0.717, 1.165) is 31.9 Å². The van der Waals surface area contributed by atoms with Crippen molar-refractivity contribution in [2.24, 2.45) is 5.73 Å². The van der Waals surface area contributed by atoms with Crippen LogP contribution >= 0.6 is 24.8 Å². The molecule has 0 fully saturated rings. The second kappa shape index (κ2) is 13.1. The van der Waals surface area contributed by atoms with Gasteiger partial charge >= 0.3 is 0 Å². The Bertz CT molecular complexity index is 275. The van der Waals surface area contributed by atoms with E-state index in [1.54, 1.807) is 0 Å². The summed E-state index contributed by atoms with van der Waals surface area (Å²) in [6.45, 7) is 6.91. The zero-order chi connectivity index (χ0) is 11.6. The van der Waals surface area contributed by atoms with Gasteiger partial charge in [-0.3, -0.25) is 9.88 Å². The summed E-state index contributed by atoms with van der Waals surface area (Å²) in [5.41, 5.74) is 6.45. The zero-order valence-corrected chi connectivity index (χ0v) is 12.4. The van der Waals surface area contributed by atoms with Crippen LogP contribution in [-0.4, -0.2) is 42.7 Å². The van der Waals surface area contributed by atoms with Gasteiger partial charge < -0.3 is 10.5 Å². The third-order valence-electron chi connectivity index (χ3n) is 2.37. The predicted molar refractivity (Wildman–Crippen MR) is 79.6 cm³/mol. The standard InChI is InChI=1S/C12H21N3O.2ClH/c1-2-15(8-10-16-9-6-13)11-12-5-3-4-7-14-12;;/h3-5,7H,2,6,8-11,13H2,1H3;2*1H. The summed E-state index contributed by atoms with van der Waals surface area (Å²) in [6.07, 6.45) is 1.83. The number of rotatable bonds is 8. The number of nitrogens with two attached hydrogens (primary N) is 1. The lowest BCUT2D eigenvalue weighted by Gasteiger charge is -2.19. The van der Waals surface area contributed by atoms with E-state index in [2.05, 4.69) is 16.8 Å². The number of aromatic nitrogens is 1. The maximum Gasteiger partial charge on any atom is 0.0594 e. The highest BCUT2D eigenvalue weighted by molar-refractivity contribution is 5.85. The van der Waals surface area contributed by atoms with Crippen LogP contribution in [0, 0.1) is 0 Å². The molecule has 1 aromatic heterocycles. The monoisotopic (exact) mass is 295 g/mol. The minimum Gasteiger partial charge on any atom is -0.379 e. The van der Waals surface area contributed by atoms with Crippen molar-refractivity contribution in [3.05, 3.63) is 30.1 Å². The van der Waals surface area contributed by atoms with Crippen molar-refractivity contribution in [1.82, 2.24) is 9.88 Å². The first-order valence-electron chi connectivity index (χ1n) is 5.77. The Labute approximate surface area is 122 Å². The van der Waals surface area contributed by atoms with E-state index in [-0.39, 0.29) is 24.8 Å². The van der Waals surface area contributed by atoms with Crippen LogP contribution in [0.4, 0.5) is 0 Å². The number of likely N-dealkylation sites (N-methyl/N-ethyl adjacent to an activating group) is 1. The third-order valence-corrected chi connectivity index (χ3v) is 2.37. The van der Waals surface area contributed by atoms with Gasteiger partial charge in [0, 0.05) is 25.8 Å². The van der Waals surface area contributed by atoms with Crippen LogP contribution in [-0.2, 0) is 11.3 Å². The highest BCUT2D eigenvalue weighted by Gasteiger charge is 2.03. The Morgan fingerprint density at radius 2 is 2.06 bits per heavy atom. The molecule has 2 N–H and O–H groups in total. The summed E-state index contributed by atoms with van der Waals surface area (Å²) in [6, 6.07) is 5.99. The first-order valence-corrected chi connectivity index (χ1v) is 5.77. The van der Waals surface area contributed by atoms with E-state index in [9.17, 15) is 0 Å². The molecule has 0 saturated heterocycles. The van der Waals surface area contributed by atoms with Crippen molar-refractivity contribution in [3.63, 3.8) is 0 Å². The van der Waals surface area contributed by atoms with Crippen molar-refractivity contribution < 1.29 is 4.74 Å². The van der Waals surface area contributed by atoms with Crippen LogP contribution in [0.2, 0.25) is 0 Å². The molecular weight excluding hydrogens is 273 g/mol. The van der Waals surface area contributed by atoms with Crippen molar-refractivity contribution in [2.75, 3.05) is 32.8 Å². The lowest BCUT2D eigenvalue weighted by molar-refractivity contribution is 0.108. The smallest absolute Gasteiger partial charge is 0.0594 e. The fraction of sp³-hybridized carbons (Fsp3) is 0.583. The van der Waals surface area contributed by atoms with Gasteiger partial charge in [-0.15, -0.1) is 24.8 Å². The summed E-state index contributed by atoms with van der Waals surface area (Å²) in [4.78, 5) is 6.61. The van der Waals surface area contributed by atoms with Gasteiger partial charge in [-0.2, -0.15) is 0 Å². The molecule has 1 rings (SSSR count).